The van der Waals surface area contributed by atoms with Gasteiger partial charge in [0, 0.05) is 20.8 Å². The Morgan fingerprint density at radius 3 is 1.90 bits per heavy atom. The first-order chi connectivity index (χ1) is 14.2. The molecule has 0 radical (unpaired) electrons. The minimum absolute atomic E-state index is 0.285. The summed E-state index contributed by atoms with van der Waals surface area (Å²) in [7, 11) is 2.70. The zero-order valence-corrected chi connectivity index (χ0v) is 17.4. The lowest BCUT2D eigenvalue weighted by Crippen LogP contribution is -2.45. The van der Waals surface area contributed by atoms with Gasteiger partial charge in [0.2, 0.25) is 0 Å². The van der Waals surface area contributed by atoms with Gasteiger partial charge in [0.15, 0.2) is 12.2 Å². The molecule has 4 atom stereocenters. The Bertz CT molecular complexity index is 792. The Kier molecular flexibility index (Phi) is 7.62. The van der Waals surface area contributed by atoms with Crippen molar-refractivity contribution in [2.45, 2.75) is 45.1 Å². The number of carbonyl (C=O) groups is 4. The van der Waals surface area contributed by atoms with E-state index in [0.717, 1.165) is 0 Å². The second kappa shape index (κ2) is 9.95. The van der Waals surface area contributed by atoms with E-state index in [1.165, 1.54) is 39.9 Å². The van der Waals surface area contributed by atoms with E-state index < -0.39 is 48.3 Å². The maximum Gasteiger partial charge on any atom is 0.410 e. The predicted octanol–water partition coefficient (Wildman–Crippen LogP) is 1.61. The van der Waals surface area contributed by atoms with Crippen LogP contribution in [0.2, 0.25) is 0 Å². The summed E-state index contributed by atoms with van der Waals surface area (Å²) < 4.78 is 26.1. The highest BCUT2D eigenvalue weighted by Gasteiger charge is 2.56. The van der Waals surface area contributed by atoms with Crippen LogP contribution >= 0.6 is 0 Å². The van der Waals surface area contributed by atoms with Gasteiger partial charge < -0.3 is 23.7 Å². The quantitative estimate of drug-likeness (QED) is 0.497. The van der Waals surface area contributed by atoms with Crippen molar-refractivity contribution in [1.29, 1.82) is 0 Å². The van der Waals surface area contributed by atoms with Crippen LogP contribution in [0.1, 0.15) is 32.4 Å². The summed E-state index contributed by atoms with van der Waals surface area (Å²) >= 11 is 0. The van der Waals surface area contributed by atoms with Crippen molar-refractivity contribution in [1.82, 2.24) is 4.90 Å². The third kappa shape index (κ3) is 5.19. The lowest BCUT2D eigenvalue weighted by Gasteiger charge is -2.29. The van der Waals surface area contributed by atoms with E-state index in [0.29, 0.717) is 11.3 Å². The summed E-state index contributed by atoms with van der Waals surface area (Å²) in [6.45, 7) is 3.32. The molecule has 164 valence electrons. The molecule has 10 nitrogen and oxygen atoms in total. The number of carbonyl (C=O) groups excluding carboxylic acids is 4. The van der Waals surface area contributed by atoms with Crippen LogP contribution in [0.15, 0.2) is 24.3 Å². The molecule has 1 aliphatic heterocycles. The molecule has 0 saturated carbocycles. The molecule has 0 unspecified atom stereocenters. The van der Waals surface area contributed by atoms with Crippen molar-refractivity contribution in [2.75, 3.05) is 20.8 Å². The van der Waals surface area contributed by atoms with Crippen LogP contribution in [0.4, 0.5) is 4.79 Å². The van der Waals surface area contributed by atoms with Crippen molar-refractivity contribution in [3.63, 3.8) is 0 Å². The lowest BCUT2D eigenvalue weighted by atomic mass is 10.00. The molecule has 1 saturated heterocycles. The van der Waals surface area contributed by atoms with Gasteiger partial charge in [0.25, 0.3) is 0 Å². The summed E-state index contributed by atoms with van der Waals surface area (Å²) in [4.78, 5) is 48.9. The third-order valence-electron chi connectivity index (χ3n) is 4.58. The average Bonchev–Trinajstić information content (AvgIpc) is 2.97. The number of esters is 3. The Morgan fingerprint density at radius 2 is 1.43 bits per heavy atom. The highest BCUT2D eigenvalue weighted by atomic mass is 16.6. The van der Waals surface area contributed by atoms with Crippen molar-refractivity contribution < 1.29 is 42.9 Å². The minimum Gasteiger partial charge on any atom is -0.497 e. The summed E-state index contributed by atoms with van der Waals surface area (Å²) in [6.07, 6.45) is -2.91. The maximum absolute atomic E-state index is 12.7. The number of hydrogen-bond donors (Lipinski definition) is 0. The fourth-order valence-corrected chi connectivity index (χ4v) is 3.47. The first-order valence-electron chi connectivity index (χ1n) is 9.17. The molecule has 10 heteroatoms. The van der Waals surface area contributed by atoms with Crippen molar-refractivity contribution in [3.05, 3.63) is 29.8 Å². The van der Waals surface area contributed by atoms with Gasteiger partial charge in [0.05, 0.1) is 14.2 Å². The fraction of sp³-hybridized carbons (Fsp3) is 0.500. The maximum atomic E-state index is 12.7. The van der Waals surface area contributed by atoms with Gasteiger partial charge in [-0.15, -0.1) is 0 Å². The zero-order chi connectivity index (χ0) is 22.4. The summed E-state index contributed by atoms with van der Waals surface area (Å²) in [5, 5.41) is 0. The highest BCUT2D eigenvalue weighted by molar-refractivity contribution is 5.72. The SMILES string of the molecule is COC(=O)N1[C@H](COC(C)=O)[C@@H](OC(C)=O)[C@H](OC(C)=O)[C@H]1c1ccc(OC)cc1. The van der Waals surface area contributed by atoms with Crippen molar-refractivity contribution >= 4 is 24.0 Å². The van der Waals surface area contributed by atoms with Gasteiger partial charge in [0.1, 0.15) is 24.4 Å². The Morgan fingerprint density at radius 1 is 0.867 bits per heavy atom. The van der Waals surface area contributed by atoms with Crippen LogP contribution in [0.25, 0.3) is 0 Å². The second-order valence-corrected chi connectivity index (χ2v) is 6.61. The Balaban J connectivity index is 2.59. The molecular weight excluding hydrogens is 398 g/mol. The smallest absolute Gasteiger partial charge is 0.410 e. The molecule has 0 N–H and O–H groups in total. The van der Waals surface area contributed by atoms with Crippen LogP contribution in [0.3, 0.4) is 0 Å². The Labute approximate surface area is 174 Å². The number of hydrogen-bond acceptors (Lipinski definition) is 9. The normalized spacial score (nSPS) is 22.8. The molecule has 30 heavy (non-hydrogen) atoms. The number of ether oxygens (including phenoxy) is 5. The Hall–Kier alpha value is -3.30. The summed E-state index contributed by atoms with van der Waals surface area (Å²) in [6, 6.07) is 4.93. The molecule has 1 aliphatic rings. The predicted molar refractivity (Wildman–Crippen MR) is 102 cm³/mol. The molecule has 1 aromatic carbocycles. The number of methoxy groups -OCH3 is 2. The third-order valence-corrected chi connectivity index (χ3v) is 4.58. The molecule has 1 amide bonds. The molecule has 0 bridgehead atoms. The van der Waals surface area contributed by atoms with Crippen molar-refractivity contribution in [3.8, 4) is 5.75 Å². The molecule has 1 heterocycles. The number of rotatable bonds is 6. The fourth-order valence-electron chi connectivity index (χ4n) is 3.47. The molecule has 0 aromatic heterocycles. The van der Waals surface area contributed by atoms with E-state index in [2.05, 4.69) is 0 Å². The van der Waals surface area contributed by atoms with Crippen LogP contribution in [-0.4, -0.2) is 68.0 Å². The first kappa shape index (κ1) is 23.0. The summed E-state index contributed by atoms with van der Waals surface area (Å²) in [5.74, 6) is -1.28. The molecule has 0 spiro atoms. The van der Waals surface area contributed by atoms with Gasteiger partial charge >= 0.3 is 24.0 Å². The average molecular weight is 423 g/mol. The van der Waals surface area contributed by atoms with Crippen molar-refractivity contribution in [2.24, 2.45) is 0 Å². The van der Waals surface area contributed by atoms with E-state index >= 15 is 0 Å². The molecule has 1 fully saturated rings. The molecule has 1 aromatic rings. The number of amides is 1. The van der Waals surface area contributed by atoms with E-state index in [9.17, 15) is 19.2 Å². The van der Waals surface area contributed by atoms with Gasteiger partial charge in [-0.2, -0.15) is 0 Å². The van der Waals surface area contributed by atoms with Gasteiger partial charge in [-0.1, -0.05) is 12.1 Å². The monoisotopic (exact) mass is 423 g/mol. The molecule has 2 rings (SSSR count). The number of likely N-dealkylation sites (tertiary alicyclic amines) is 1. The van der Waals surface area contributed by atoms with E-state index in [1.54, 1.807) is 24.3 Å². The van der Waals surface area contributed by atoms with E-state index in [-0.39, 0.29) is 6.61 Å². The lowest BCUT2D eigenvalue weighted by molar-refractivity contribution is -0.165. The summed E-state index contributed by atoms with van der Waals surface area (Å²) in [5.41, 5.74) is 0.579. The minimum atomic E-state index is -1.09. The number of nitrogens with zero attached hydrogens (tertiary/aromatic N) is 1. The van der Waals surface area contributed by atoms with Crippen LogP contribution in [0.5, 0.6) is 5.75 Å². The number of benzene rings is 1. The van der Waals surface area contributed by atoms with Gasteiger partial charge in [-0.3, -0.25) is 19.3 Å². The van der Waals surface area contributed by atoms with Gasteiger partial charge in [-0.05, 0) is 17.7 Å². The van der Waals surface area contributed by atoms with Crippen LogP contribution in [0, 0.1) is 0 Å². The largest absolute Gasteiger partial charge is 0.497 e. The highest BCUT2D eigenvalue weighted by Crippen LogP contribution is 2.41. The zero-order valence-electron chi connectivity index (χ0n) is 17.4. The van der Waals surface area contributed by atoms with Crippen LogP contribution in [-0.2, 0) is 33.3 Å². The van der Waals surface area contributed by atoms with Gasteiger partial charge in [-0.25, -0.2) is 4.79 Å². The first-order valence-corrected chi connectivity index (χ1v) is 9.17. The van der Waals surface area contributed by atoms with E-state index in [1.807, 2.05) is 0 Å². The topological polar surface area (TPSA) is 118 Å². The molecular formula is C20H25NO9. The van der Waals surface area contributed by atoms with Crippen LogP contribution < -0.4 is 4.74 Å². The second-order valence-electron chi connectivity index (χ2n) is 6.61. The standard InChI is InChI=1S/C20H25NO9/c1-11(22)28-10-16-18(29-12(2)23)19(30-13(3)24)17(21(16)20(25)27-5)14-6-8-15(26-4)9-7-14/h6-9,16-19H,10H2,1-5H3/t16-,17-,18-,19-/m1/s1. The van der Waals surface area contributed by atoms with E-state index in [4.69, 9.17) is 23.7 Å². The molecule has 0 aliphatic carbocycles.